The molecule has 0 aromatic carbocycles. The molecule has 1 radical (unpaired) electrons. The molecular formula is C4H2F7S. The summed E-state index contributed by atoms with van der Waals surface area (Å²) in [4.78, 5) is 0. The van der Waals surface area contributed by atoms with Crippen molar-refractivity contribution in [2.45, 2.75) is 18.0 Å². The molecule has 0 bridgehead atoms. The number of hydrogen-bond acceptors (Lipinski definition) is 0. The number of rotatable bonds is 2. The van der Waals surface area contributed by atoms with Crippen molar-refractivity contribution < 1.29 is 30.7 Å². The molecule has 0 unspecified atom stereocenters. The molecule has 0 aromatic heterocycles. The van der Waals surface area contributed by atoms with E-state index in [0.29, 0.717) is 0 Å². The largest absolute Gasteiger partial charge is 0.459 e. The fraction of sp³-hybridized carbons (Fsp3) is 1.00. The van der Waals surface area contributed by atoms with E-state index >= 15 is 0 Å². The molecule has 0 aliphatic rings. The van der Waals surface area contributed by atoms with Crippen LogP contribution < -0.4 is 0 Å². The summed E-state index contributed by atoms with van der Waals surface area (Å²) in [6.07, 6.45) is -6.27. The molecule has 0 fully saturated rings. The van der Waals surface area contributed by atoms with Gasteiger partial charge in [-0.1, -0.05) is 12.6 Å². The van der Waals surface area contributed by atoms with Crippen molar-refractivity contribution >= 4 is 12.6 Å². The predicted octanol–water partition coefficient (Wildman–Crippen LogP) is 3.02. The standard InChI is InChI=1S/C4H2F7S/c5-2(6,1-12)3(7,8)4(9,10)11/h1H2. The van der Waals surface area contributed by atoms with E-state index in [1.54, 1.807) is 0 Å². The molecule has 0 spiro atoms. The Morgan fingerprint density at radius 3 is 1.25 bits per heavy atom. The van der Waals surface area contributed by atoms with Gasteiger partial charge in [-0.15, -0.1) is 0 Å². The minimum absolute atomic E-state index is 1.97. The van der Waals surface area contributed by atoms with E-state index in [1.807, 2.05) is 0 Å². The van der Waals surface area contributed by atoms with Crippen LogP contribution in [0.4, 0.5) is 30.7 Å². The molecule has 0 saturated carbocycles. The van der Waals surface area contributed by atoms with Gasteiger partial charge >= 0.3 is 18.0 Å². The first-order valence-electron chi connectivity index (χ1n) is 2.47. The average molecular weight is 215 g/mol. The van der Waals surface area contributed by atoms with Gasteiger partial charge in [0.1, 0.15) is 0 Å². The molecule has 8 heteroatoms. The second kappa shape index (κ2) is 2.97. The van der Waals surface area contributed by atoms with Crippen molar-refractivity contribution in [2.24, 2.45) is 0 Å². The molecule has 0 N–H and O–H groups in total. The highest BCUT2D eigenvalue weighted by molar-refractivity contribution is 7.80. The van der Waals surface area contributed by atoms with E-state index in [4.69, 9.17) is 0 Å². The van der Waals surface area contributed by atoms with Gasteiger partial charge in [0.05, 0.1) is 5.75 Å². The van der Waals surface area contributed by atoms with Crippen molar-refractivity contribution in [1.29, 1.82) is 0 Å². The van der Waals surface area contributed by atoms with Gasteiger partial charge in [0, 0.05) is 0 Å². The quantitative estimate of drug-likeness (QED) is 0.621. The predicted molar refractivity (Wildman–Crippen MR) is 28.4 cm³/mol. The fourth-order valence-electron chi connectivity index (χ4n) is 0.298. The Balaban J connectivity index is 4.85. The van der Waals surface area contributed by atoms with Crippen LogP contribution in [0.15, 0.2) is 0 Å². The van der Waals surface area contributed by atoms with Crippen molar-refractivity contribution in [1.82, 2.24) is 0 Å². The highest BCUT2D eigenvalue weighted by Crippen LogP contribution is 2.46. The second-order valence-electron chi connectivity index (χ2n) is 1.92. The van der Waals surface area contributed by atoms with E-state index in [-0.39, 0.29) is 0 Å². The Morgan fingerprint density at radius 2 is 1.17 bits per heavy atom. The summed E-state index contributed by atoms with van der Waals surface area (Å²) in [7, 11) is 0. The van der Waals surface area contributed by atoms with E-state index < -0.39 is 23.8 Å². The van der Waals surface area contributed by atoms with Gasteiger partial charge in [-0.05, 0) is 0 Å². The maximum atomic E-state index is 11.9. The normalized spacial score (nSPS) is 15.0. The summed E-state index contributed by atoms with van der Waals surface area (Å²) in [5.74, 6) is -13.2. The van der Waals surface area contributed by atoms with Crippen LogP contribution in [-0.2, 0) is 0 Å². The van der Waals surface area contributed by atoms with Crippen LogP contribution in [0.2, 0.25) is 0 Å². The first kappa shape index (κ1) is 11.9. The van der Waals surface area contributed by atoms with Crippen molar-refractivity contribution in [3.05, 3.63) is 0 Å². The fourth-order valence-corrected chi connectivity index (χ4v) is 0.479. The number of alkyl halides is 7. The summed E-state index contributed by atoms with van der Waals surface area (Å²) >= 11 is 3.48. The Kier molecular flexibility index (Phi) is 2.93. The van der Waals surface area contributed by atoms with Crippen molar-refractivity contribution in [3.63, 3.8) is 0 Å². The van der Waals surface area contributed by atoms with Gasteiger partial charge in [0.25, 0.3) is 0 Å². The van der Waals surface area contributed by atoms with E-state index in [9.17, 15) is 30.7 Å². The Morgan fingerprint density at radius 1 is 0.833 bits per heavy atom. The molecule has 0 aliphatic carbocycles. The first-order valence-corrected chi connectivity index (χ1v) is 3.04. The van der Waals surface area contributed by atoms with Gasteiger partial charge in [-0.2, -0.15) is 30.7 Å². The maximum absolute atomic E-state index is 11.9. The maximum Gasteiger partial charge on any atom is 0.459 e. The average Bonchev–Trinajstić information content (AvgIpc) is 1.85. The summed E-state index contributed by atoms with van der Waals surface area (Å²) in [6.45, 7) is 0. The smallest absolute Gasteiger partial charge is 0.198 e. The third-order valence-electron chi connectivity index (χ3n) is 0.997. The van der Waals surface area contributed by atoms with Crippen LogP contribution >= 0.6 is 12.6 Å². The molecule has 0 atom stereocenters. The van der Waals surface area contributed by atoms with E-state index in [0.717, 1.165) is 0 Å². The lowest BCUT2D eigenvalue weighted by Crippen LogP contribution is -2.52. The third-order valence-corrected chi connectivity index (χ3v) is 1.36. The monoisotopic (exact) mass is 215 g/mol. The minimum atomic E-state index is -6.27. The van der Waals surface area contributed by atoms with Gasteiger partial charge in [-0.3, -0.25) is 0 Å². The zero-order valence-corrected chi connectivity index (χ0v) is 6.08. The summed E-state index contributed by atoms with van der Waals surface area (Å²) in [5.41, 5.74) is 0. The zero-order valence-electron chi connectivity index (χ0n) is 5.26. The third kappa shape index (κ3) is 1.78. The second-order valence-corrected chi connectivity index (χ2v) is 2.21. The van der Waals surface area contributed by atoms with Crippen LogP contribution in [-0.4, -0.2) is 23.8 Å². The van der Waals surface area contributed by atoms with Crippen LogP contribution in [0.1, 0.15) is 0 Å². The Bertz CT molecular complexity index is 159. The Labute approximate surface area is 68.1 Å². The van der Waals surface area contributed by atoms with Gasteiger partial charge in [-0.25, -0.2) is 0 Å². The zero-order chi connectivity index (χ0) is 10.2. The molecule has 0 saturated heterocycles. The van der Waals surface area contributed by atoms with Crippen molar-refractivity contribution in [2.75, 3.05) is 5.75 Å². The number of halogens is 7. The molecule has 0 amide bonds. The van der Waals surface area contributed by atoms with E-state index in [1.165, 1.54) is 0 Å². The highest BCUT2D eigenvalue weighted by Gasteiger charge is 2.72. The molecule has 12 heavy (non-hydrogen) atoms. The molecule has 0 heterocycles. The van der Waals surface area contributed by atoms with Crippen LogP contribution in [0.3, 0.4) is 0 Å². The highest BCUT2D eigenvalue weighted by atomic mass is 32.1. The lowest BCUT2D eigenvalue weighted by molar-refractivity contribution is -0.348. The lowest BCUT2D eigenvalue weighted by Gasteiger charge is -2.26. The molecule has 0 aliphatic heterocycles. The lowest BCUT2D eigenvalue weighted by atomic mass is 10.2. The van der Waals surface area contributed by atoms with Gasteiger partial charge in [0.15, 0.2) is 0 Å². The van der Waals surface area contributed by atoms with Gasteiger partial charge in [0.2, 0.25) is 0 Å². The molecular weight excluding hydrogens is 213 g/mol. The minimum Gasteiger partial charge on any atom is -0.198 e. The molecule has 0 aromatic rings. The Hall–Kier alpha value is -0.140. The number of hydrogen-bond donors (Lipinski definition) is 0. The van der Waals surface area contributed by atoms with Crippen LogP contribution in [0.5, 0.6) is 0 Å². The molecule has 73 valence electrons. The summed E-state index contributed by atoms with van der Waals surface area (Å²) in [5, 5.41) is 0. The molecule has 0 rings (SSSR count). The van der Waals surface area contributed by atoms with Crippen LogP contribution in [0, 0.1) is 0 Å². The SMILES string of the molecule is FC(F)(F)C(F)(F)C(F)(F)C[S]. The summed E-state index contributed by atoms with van der Waals surface area (Å²) in [6, 6.07) is 0. The van der Waals surface area contributed by atoms with Crippen LogP contribution in [0.25, 0.3) is 0 Å². The first-order chi connectivity index (χ1) is 5.06. The van der Waals surface area contributed by atoms with Crippen molar-refractivity contribution in [3.8, 4) is 0 Å². The van der Waals surface area contributed by atoms with E-state index in [2.05, 4.69) is 12.6 Å². The summed E-state index contributed by atoms with van der Waals surface area (Å²) < 4.78 is 81.0. The van der Waals surface area contributed by atoms with Gasteiger partial charge < -0.3 is 0 Å². The topological polar surface area (TPSA) is 0 Å². The molecule has 0 nitrogen and oxygen atoms in total.